The first-order valence-corrected chi connectivity index (χ1v) is 4.85. The zero-order chi connectivity index (χ0) is 13.9. The van der Waals surface area contributed by atoms with Gasteiger partial charge >= 0.3 is 18.4 Å². The first kappa shape index (κ1) is 16.0. The fraction of sp³-hybridized carbons (Fsp3) is 0.889. The summed E-state index contributed by atoms with van der Waals surface area (Å²) in [5, 5.41) is 1.90. The van der Waals surface area contributed by atoms with Crippen molar-refractivity contribution < 1.29 is 27.1 Å². The maximum absolute atomic E-state index is 12.7. The summed E-state index contributed by atoms with van der Waals surface area (Å²) in [6.07, 6.45) is -4.86. The van der Waals surface area contributed by atoms with Gasteiger partial charge in [-0.25, -0.2) is 13.6 Å². The second-order valence-electron chi connectivity index (χ2n) is 4.46. The molecule has 102 valence electrons. The van der Waals surface area contributed by atoms with Crippen LogP contribution in [0, 0.1) is 0 Å². The molecule has 0 rings (SSSR count). The lowest BCUT2D eigenvalue weighted by atomic mass is 10.1. The number of amides is 1. The highest BCUT2D eigenvalue weighted by Crippen LogP contribution is 2.25. The van der Waals surface area contributed by atoms with Crippen LogP contribution in [-0.4, -0.2) is 36.6 Å². The Hall–Kier alpha value is -1.05. The molecule has 1 amide bonds. The van der Waals surface area contributed by atoms with Crippen molar-refractivity contribution in [3.8, 4) is 0 Å². The SMILES string of the molecule is CC(C)(C)OC(=O)NCC(N)C(F)(F)C(F)F. The second kappa shape index (κ2) is 5.52. The van der Waals surface area contributed by atoms with E-state index in [2.05, 4.69) is 0 Å². The van der Waals surface area contributed by atoms with Gasteiger partial charge in [-0.3, -0.25) is 0 Å². The van der Waals surface area contributed by atoms with Gasteiger partial charge in [0.1, 0.15) is 5.60 Å². The maximum atomic E-state index is 12.7. The molecular formula is C9H16F4N2O2. The van der Waals surface area contributed by atoms with Gasteiger partial charge in [0.2, 0.25) is 0 Å². The molecule has 0 radical (unpaired) electrons. The Bertz CT molecular complexity index is 266. The number of nitrogens with two attached hydrogens (primary N) is 1. The third kappa shape index (κ3) is 5.71. The largest absolute Gasteiger partial charge is 0.444 e. The van der Waals surface area contributed by atoms with E-state index in [1.54, 1.807) is 20.8 Å². The molecule has 0 fully saturated rings. The zero-order valence-electron chi connectivity index (χ0n) is 9.77. The van der Waals surface area contributed by atoms with E-state index in [1.807, 2.05) is 5.32 Å². The van der Waals surface area contributed by atoms with Crippen LogP contribution in [0.1, 0.15) is 20.8 Å². The summed E-state index contributed by atoms with van der Waals surface area (Å²) < 4.78 is 53.8. The molecule has 0 saturated heterocycles. The van der Waals surface area contributed by atoms with E-state index >= 15 is 0 Å². The summed E-state index contributed by atoms with van der Waals surface area (Å²) in [6.45, 7) is 3.91. The quantitative estimate of drug-likeness (QED) is 0.757. The number of alkyl carbamates (subject to hydrolysis) is 1. The monoisotopic (exact) mass is 260 g/mol. The number of carbonyl (C=O) groups is 1. The first-order valence-electron chi connectivity index (χ1n) is 4.85. The van der Waals surface area contributed by atoms with Crippen LogP contribution in [0.3, 0.4) is 0 Å². The molecule has 1 unspecified atom stereocenters. The van der Waals surface area contributed by atoms with Crippen LogP contribution >= 0.6 is 0 Å². The summed E-state index contributed by atoms with van der Waals surface area (Å²) in [5.74, 6) is -4.35. The van der Waals surface area contributed by atoms with Crippen LogP contribution in [0.5, 0.6) is 0 Å². The molecule has 0 spiro atoms. The average molecular weight is 260 g/mol. The molecule has 0 aromatic rings. The lowest BCUT2D eigenvalue weighted by Gasteiger charge is -2.24. The third-order valence-electron chi connectivity index (χ3n) is 1.65. The van der Waals surface area contributed by atoms with Crippen molar-refractivity contribution in [2.45, 2.75) is 44.8 Å². The van der Waals surface area contributed by atoms with Gasteiger partial charge in [0.25, 0.3) is 0 Å². The van der Waals surface area contributed by atoms with Crippen LogP contribution in [-0.2, 0) is 4.74 Å². The Morgan fingerprint density at radius 3 is 2.18 bits per heavy atom. The van der Waals surface area contributed by atoms with Gasteiger partial charge in [0, 0.05) is 6.54 Å². The van der Waals surface area contributed by atoms with Gasteiger partial charge < -0.3 is 15.8 Å². The Morgan fingerprint density at radius 1 is 1.35 bits per heavy atom. The highest BCUT2D eigenvalue weighted by molar-refractivity contribution is 5.67. The number of alkyl halides is 4. The molecule has 0 bridgehead atoms. The predicted octanol–water partition coefficient (Wildman–Crippen LogP) is 1.74. The number of rotatable bonds is 4. The molecule has 0 aromatic carbocycles. The van der Waals surface area contributed by atoms with Gasteiger partial charge in [-0.2, -0.15) is 8.78 Å². The molecule has 4 nitrogen and oxygen atoms in total. The van der Waals surface area contributed by atoms with Gasteiger partial charge in [-0.15, -0.1) is 0 Å². The molecule has 0 saturated carbocycles. The summed E-state index contributed by atoms with van der Waals surface area (Å²) in [7, 11) is 0. The van der Waals surface area contributed by atoms with Crippen molar-refractivity contribution >= 4 is 6.09 Å². The number of carbonyl (C=O) groups excluding carboxylic acids is 1. The molecule has 0 aliphatic heterocycles. The number of hydrogen-bond donors (Lipinski definition) is 2. The highest BCUT2D eigenvalue weighted by Gasteiger charge is 2.46. The minimum Gasteiger partial charge on any atom is -0.444 e. The predicted molar refractivity (Wildman–Crippen MR) is 53.2 cm³/mol. The number of ether oxygens (including phenoxy) is 1. The van der Waals surface area contributed by atoms with Crippen molar-refractivity contribution in [1.82, 2.24) is 5.32 Å². The molecule has 17 heavy (non-hydrogen) atoms. The minimum absolute atomic E-state index is 0.799. The fourth-order valence-electron chi connectivity index (χ4n) is 0.805. The maximum Gasteiger partial charge on any atom is 0.407 e. The summed E-state index contributed by atoms with van der Waals surface area (Å²) >= 11 is 0. The van der Waals surface area contributed by atoms with Gasteiger partial charge in [-0.05, 0) is 20.8 Å². The summed E-state index contributed by atoms with van der Waals surface area (Å²) in [4.78, 5) is 11.0. The molecule has 0 aromatic heterocycles. The molecule has 0 aliphatic carbocycles. The number of halogens is 4. The smallest absolute Gasteiger partial charge is 0.407 e. The van der Waals surface area contributed by atoms with Crippen LogP contribution in [0.25, 0.3) is 0 Å². The van der Waals surface area contributed by atoms with Crippen molar-refractivity contribution in [2.24, 2.45) is 5.73 Å². The first-order chi connectivity index (χ1) is 7.47. The minimum atomic E-state index is -4.35. The van der Waals surface area contributed by atoms with E-state index in [4.69, 9.17) is 10.5 Å². The second-order valence-corrected chi connectivity index (χ2v) is 4.46. The lowest BCUT2D eigenvalue weighted by molar-refractivity contribution is -0.142. The third-order valence-corrected chi connectivity index (χ3v) is 1.65. The Morgan fingerprint density at radius 2 is 1.82 bits per heavy atom. The zero-order valence-corrected chi connectivity index (χ0v) is 9.77. The van der Waals surface area contributed by atoms with E-state index in [9.17, 15) is 22.4 Å². The topological polar surface area (TPSA) is 64.3 Å². The normalized spacial score (nSPS) is 14.6. The summed E-state index contributed by atoms with van der Waals surface area (Å²) in [5.41, 5.74) is 4.06. The van der Waals surface area contributed by atoms with Gasteiger partial charge in [-0.1, -0.05) is 0 Å². The van der Waals surface area contributed by atoms with E-state index in [1.165, 1.54) is 0 Å². The Labute approximate surface area is 96.5 Å². The number of hydrogen-bond acceptors (Lipinski definition) is 3. The van der Waals surface area contributed by atoms with E-state index in [-0.39, 0.29) is 0 Å². The van der Waals surface area contributed by atoms with Crippen LogP contribution < -0.4 is 11.1 Å². The molecule has 0 aliphatic rings. The standard InChI is InChI=1S/C9H16F4N2O2/c1-8(2,3)17-7(16)15-4-5(14)9(12,13)6(10)11/h5-6H,4,14H2,1-3H3,(H,15,16). The average Bonchev–Trinajstić information content (AvgIpc) is 2.10. The van der Waals surface area contributed by atoms with Crippen molar-refractivity contribution in [1.29, 1.82) is 0 Å². The van der Waals surface area contributed by atoms with E-state index in [0.717, 1.165) is 0 Å². The molecule has 3 N–H and O–H groups in total. The van der Waals surface area contributed by atoms with Crippen molar-refractivity contribution in [3.63, 3.8) is 0 Å². The fourth-order valence-corrected chi connectivity index (χ4v) is 0.805. The number of nitrogens with one attached hydrogen (secondary N) is 1. The van der Waals surface area contributed by atoms with Crippen LogP contribution in [0.2, 0.25) is 0 Å². The van der Waals surface area contributed by atoms with E-state index in [0.29, 0.717) is 0 Å². The van der Waals surface area contributed by atoms with E-state index < -0.39 is 36.6 Å². The van der Waals surface area contributed by atoms with Crippen LogP contribution in [0.4, 0.5) is 22.4 Å². The molecular weight excluding hydrogens is 244 g/mol. The Balaban J connectivity index is 4.17. The van der Waals surface area contributed by atoms with Crippen LogP contribution in [0.15, 0.2) is 0 Å². The highest BCUT2D eigenvalue weighted by atomic mass is 19.3. The van der Waals surface area contributed by atoms with Gasteiger partial charge in [0.05, 0.1) is 6.04 Å². The molecule has 1 atom stereocenters. The molecule has 8 heteroatoms. The lowest BCUT2D eigenvalue weighted by Crippen LogP contribution is -2.53. The Kier molecular flexibility index (Phi) is 5.18. The van der Waals surface area contributed by atoms with Crippen molar-refractivity contribution in [2.75, 3.05) is 6.54 Å². The summed E-state index contributed by atoms with van der Waals surface area (Å²) in [6, 6.07) is -2.17. The molecule has 0 heterocycles. The van der Waals surface area contributed by atoms with Crippen molar-refractivity contribution in [3.05, 3.63) is 0 Å². The van der Waals surface area contributed by atoms with Gasteiger partial charge in [0.15, 0.2) is 0 Å².